The van der Waals surface area contributed by atoms with Gasteiger partial charge >= 0.3 is 23.9 Å². The van der Waals surface area contributed by atoms with Gasteiger partial charge in [-0.15, -0.1) is 23.5 Å². The van der Waals surface area contributed by atoms with Gasteiger partial charge in [-0.05, 0) is 137 Å². The first-order valence-electron chi connectivity index (χ1n) is 20.1. The summed E-state index contributed by atoms with van der Waals surface area (Å²) in [5.41, 5.74) is 11.5. The fourth-order valence-corrected chi connectivity index (χ4v) is 10.3. The largest absolute Gasteiger partial charge is 0.481 e. The minimum Gasteiger partial charge on any atom is -0.481 e. The highest BCUT2D eigenvalue weighted by molar-refractivity contribution is 8.01. The van der Waals surface area contributed by atoms with Crippen LogP contribution in [0.3, 0.4) is 0 Å². The van der Waals surface area contributed by atoms with E-state index in [1.807, 2.05) is 59.7 Å². The minimum atomic E-state index is -1.15. The van der Waals surface area contributed by atoms with E-state index in [-0.39, 0.29) is 36.2 Å². The van der Waals surface area contributed by atoms with Crippen molar-refractivity contribution in [1.82, 2.24) is 30.6 Å². The van der Waals surface area contributed by atoms with Crippen LogP contribution in [0.4, 0.5) is 0 Å². The quantitative estimate of drug-likeness (QED) is 0.0624. The van der Waals surface area contributed by atoms with Crippen molar-refractivity contribution < 1.29 is 49.2 Å². The zero-order valence-electron chi connectivity index (χ0n) is 35.8. The first-order chi connectivity index (χ1) is 29.2. The molecule has 0 spiro atoms. The highest BCUT2D eigenvalue weighted by Crippen LogP contribution is 2.43. The van der Waals surface area contributed by atoms with Crippen LogP contribution >= 0.6 is 23.5 Å². The van der Waals surface area contributed by atoms with Crippen LogP contribution in [0.2, 0.25) is 0 Å². The zero-order chi connectivity index (χ0) is 45.7. The molecule has 4 atom stereocenters. The van der Waals surface area contributed by atoms with Crippen LogP contribution in [0.25, 0.3) is 44.4 Å². The first-order valence-corrected chi connectivity index (χ1v) is 21.9. The van der Waals surface area contributed by atoms with Crippen LogP contribution in [0.1, 0.15) is 123 Å². The summed E-state index contributed by atoms with van der Waals surface area (Å²) in [5, 5.41) is 40.7. The lowest BCUT2D eigenvalue weighted by molar-refractivity contribution is -0.138. The lowest BCUT2D eigenvalue weighted by Gasteiger charge is -2.17. The molecule has 2 aliphatic heterocycles. The average molecular weight is 889 g/mol. The average Bonchev–Trinajstić information content (AvgIpc) is 3.86. The molecule has 3 aromatic rings. The molecule has 18 heteroatoms. The summed E-state index contributed by atoms with van der Waals surface area (Å²) in [4.78, 5) is 89.1. The molecule has 0 saturated heterocycles. The Labute approximate surface area is 366 Å². The van der Waals surface area contributed by atoms with Crippen molar-refractivity contribution in [2.24, 2.45) is 0 Å². The van der Waals surface area contributed by atoms with Gasteiger partial charge in [-0.25, -0.2) is 9.97 Å². The highest BCUT2D eigenvalue weighted by Gasteiger charge is 2.27. The standard InChI is InChI=1S/C44H52N6O10S2/c1-19-27(9-11-37(51)52)33-16-34-28(10-12-38(53)54)20(2)30(48-34)14-35-42(24(6)62-26(8)44(60)46-18-40(57)58)22(4)32(50-35)15-36-41(21(3)31(49-36)13-29(19)47-33)23(5)61-25(7)43(59)45-17-39(55)56/h13-16,23-26,49-50H,9-12,17-18H2,1-8H3,(H,45,59)(H,46,60)(H,51,52)(H,53,54)(H,55,56)(H,57,58). The Balaban J connectivity index is 1.84. The van der Waals surface area contributed by atoms with E-state index in [1.165, 1.54) is 23.5 Å². The molecule has 62 heavy (non-hydrogen) atoms. The Kier molecular flexibility index (Phi) is 15.1. The molecule has 5 rings (SSSR count). The summed E-state index contributed by atoms with van der Waals surface area (Å²) in [7, 11) is 0. The number of carboxylic acid groups (broad SMARTS) is 4. The normalized spacial score (nSPS) is 14.6. The number of fused-ring (bicyclic) bond motifs is 8. The van der Waals surface area contributed by atoms with E-state index in [4.69, 9.17) is 20.2 Å². The van der Waals surface area contributed by atoms with Crippen LogP contribution in [0, 0.1) is 13.8 Å². The number of aromatic amines is 2. The molecule has 0 aromatic carbocycles. The predicted octanol–water partition coefficient (Wildman–Crippen LogP) is 7.29. The number of aliphatic carboxylic acids is 4. The van der Waals surface area contributed by atoms with Gasteiger partial charge < -0.3 is 41.0 Å². The predicted molar refractivity (Wildman–Crippen MR) is 241 cm³/mol. The number of aryl methyl sites for hydroxylation is 2. The van der Waals surface area contributed by atoms with Gasteiger partial charge in [0.15, 0.2) is 0 Å². The summed E-state index contributed by atoms with van der Waals surface area (Å²) in [5.74, 6) is -5.08. The smallest absolute Gasteiger partial charge is 0.322 e. The molecule has 5 heterocycles. The number of thioether (sulfide) groups is 2. The van der Waals surface area contributed by atoms with E-state index < -0.39 is 59.3 Å². The van der Waals surface area contributed by atoms with Gasteiger partial charge in [0, 0.05) is 45.4 Å². The third-order valence-electron chi connectivity index (χ3n) is 11.0. The molecule has 330 valence electrons. The van der Waals surface area contributed by atoms with Gasteiger partial charge in [0.05, 0.1) is 33.3 Å². The van der Waals surface area contributed by atoms with Crippen molar-refractivity contribution in [2.75, 3.05) is 13.1 Å². The fraction of sp³-hybridized carbons (Fsp3) is 0.409. The SMILES string of the molecule is CC1=C(CCC(=O)O)c2cc3nc(cc4[nH]c(cc5[nH]c(cc1n2)c(C)c5C(C)SC(C)C(=O)NCC(=O)O)c(C)c4C(C)SC(C)C(=O)NCC(=O)O)C(C)=C3CCC(=O)O. The summed E-state index contributed by atoms with van der Waals surface area (Å²) in [6, 6.07) is 7.57. The number of hydrogen-bond donors (Lipinski definition) is 8. The zero-order valence-corrected chi connectivity index (χ0v) is 37.4. The number of rotatable bonds is 18. The van der Waals surface area contributed by atoms with Crippen molar-refractivity contribution in [3.63, 3.8) is 0 Å². The molecule has 2 amide bonds. The number of nitrogens with zero attached hydrogens (tertiary/aromatic N) is 2. The Morgan fingerprint density at radius 1 is 0.548 bits per heavy atom. The first kappa shape index (κ1) is 47.2. The van der Waals surface area contributed by atoms with Crippen molar-refractivity contribution in [3.05, 3.63) is 69.3 Å². The van der Waals surface area contributed by atoms with Crippen molar-refractivity contribution in [3.8, 4) is 0 Å². The summed E-state index contributed by atoms with van der Waals surface area (Å²) >= 11 is 2.72. The monoisotopic (exact) mass is 888 g/mol. The fourth-order valence-electron chi connectivity index (χ4n) is 7.77. The highest BCUT2D eigenvalue weighted by atomic mass is 32.2. The number of carbonyl (C=O) groups is 6. The topological polar surface area (TPSA) is 265 Å². The van der Waals surface area contributed by atoms with E-state index in [2.05, 4.69) is 20.6 Å². The third-order valence-corrected chi connectivity index (χ3v) is 13.5. The van der Waals surface area contributed by atoms with E-state index in [1.54, 1.807) is 19.9 Å². The lowest BCUT2D eigenvalue weighted by atomic mass is 9.98. The van der Waals surface area contributed by atoms with Gasteiger partial charge in [-0.3, -0.25) is 28.8 Å². The van der Waals surface area contributed by atoms with Crippen LogP contribution in [-0.4, -0.2) is 99.6 Å². The summed E-state index contributed by atoms with van der Waals surface area (Å²) < 4.78 is 0. The maximum absolute atomic E-state index is 12.9. The Bertz CT molecular complexity index is 2570. The number of allylic oxidation sites excluding steroid dienone is 4. The Morgan fingerprint density at radius 2 is 0.919 bits per heavy atom. The number of amides is 2. The van der Waals surface area contributed by atoms with Gasteiger partial charge in [-0.1, -0.05) is 0 Å². The molecule has 2 aliphatic rings. The minimum absolute atomic E-state index is 0.143. The number of carbonyl (C=O) groups excluding carboxylic acids is 2. The second-order valence-electron chi connectivity index (χ2n) is 15.4. The maximum Gasteiger partial charge on any atom is 0.322 e. The molecular formula is C44H52N6O10S2. The molecule has 4 unspecified atom stereocenters. The summed E-state index contributed by atoms with van der Waals surface area (Å²) in [6.45, 7) is 14.0. The second-order valence-corrected chi connectivity index (χ2v) is 18.8. The lowest BCUT2D eigenvalue weighted by Crippen LogP contribution is -2.35. The second kappa shape index (κ2) is 19.9. The van der Waals surface area contributed by atoms with Gasteiger partial charge in [0.2, 0.25) is 11.8 Å². The van der Waals surface area contributed by atoms with Crippen molar-refractivity contribution >= 4 is 104 Å². The Hall–Kier alpha value is -5.88. The van der Waals surface area contributed by atoms with Crippen LogP contribution in [0.5, 0.6) is 0 Å². The van der Waals surface area contributed by atoms with Crippen LogP contribution < -0.4 is 10.6 Å². The van der Waals surface area contributed by atoms with E-state index in [9.17, 15) is 39.0 Å². The maximum atomic E-state index is 12.9. The van der Waals surface area contributed by atoms with Crippen LogP contribution in [-0.2, 0) is 28.8 Å². The summed E-state index contributed by atoms with van der Waals surface area (Å²) in [6.07, 6.45) is 0.0862. The van der Waals surface area contributed by atoms with E-state index >= 15 is 0 Å². The van der Waals surface area contributed by atoms with Gasteiger partial charge in [-0.2, -0.15) is 0 Å². The van der Waals surface area contributed by atoms with E-state index in [0.717, 1.165) is 55.5 Å². The number of H-pyrrole nitrogens is 2. The molecule has 3 aromatic heterocycles. The number of nitrogens with one attached hydrogen (secondary N) is 4. The van der Waals surface area contributed by atoms with Crippen molar-refractivity contribution in [1.29, 1.82) is 0 Å². The third kappa shape index (κ3) is 10.9. The van der Waals surface area contributed by atoms with E-state index in [0.29, 0.717) is 33.9 Å². The molecule has 16 nitrogen and oxygen atoms in total. The number of aromatic nitrogens is 4. The number of carboxylic acids is 4. The van der Waals surface area contributed by atoms with Gasteiger partial charge in [0.1, 0.15) is 13.1 Å². The molecule has 0 radical (unpaired) electrons. The van der Waals surface area contributed by atoms with Crippen molar-refractivity contribution in [2.45, 2.75) is 102 Å². The molecule has 0 saturated carbocycles. The Morgan fingerprint density at radius 3 is 1.31 bits per heavy atom. The van der Waals surface area contributed by atoms with Crippen LogP contribution in [0.15, 0.2) is 24.3 Å². The molecule has 8 bridgehead atoms. The molecule has 8 N–H and O–H groups in total. The molecule has 0 fully saturated rings. The van der Waals surface area contributed by atoms with Gasteiger partial charge in [0.25, 0.3) is 0 Å². The molecular weight excluding hydrogens is 837 g/mol. The molecule has 0 aliphatic carbocycles. The number of hydrogen-bond acceptors (Lipinski definition) is 10.